The maximum atomic E-state index is 12.0. The number of hydrogen-bond acceptors (Lipinski definition) is 5. The number of para-hydroxylation sites is 1. The van der Waals surface area contributed by atoms with E-state index in [1.807, 2.05) is 37.3 Å². The van der Waals surface area contributed by atoms with Crippen LogP contribution in [0.2, 0.25) is 0 Å². The van der Waals surface area contributed by atoms with Crippen LogP contribution in [-0.4, -0.2) is 10.8 Å². The molecule has 3 rings (SSSR count). The fourth-order valence-corrected chi connectivity index (χ4v) is 2.64. The number of Topliss-reactive ketones (excluding diaryl/α,β-unsaturated/α-hetero) is 1. The van der Waals surface area contributed by atoms with Crippen molar-refractivity contribution in [2.75, 3.05) is 5.32 Å². The molecule has 0 aliphatic rings. The molecule has 0 bridgehead atoms. The van der Waals surface area contributed by atoms with Crippen LogP contribution in [-0.2, 0) is 0 Å². The summed E-state index contributed by atoms with van der Waals surface area (Å²) in [5.41, 5.74) is 2.55. The number of hydrogen-bond donors (Lipinski definition) is 1. The van der Waals surface area contributed by atoms with Crippen LogP contribution in [0, 0.1) is 13.8 Å². The van der Waals surface area contributed by atoms with E-state index >= 15 is 0 Å². The summed E-state index contributed by atoms with van der Waals surface area (Å²) in [5, 5.41) is 4.04. The molecule has 1 N–H and O–H groups in total. The minimum atomic E-state index is -0.630. The molecule has 0 saturated carbocycles. The van der Waals surface area contributed by atoms with Crippen LogP contribution < -0.4 is 10.9 Å². The van der Waals surface area contributed by atoms with Crippen molar-refractivity contribution in [3.05, 3.63) is 63.6 Å². The Morgan fingerprint density at radius 3 is 2.61 bits per heavy atom. The molecule has 0 atom stereocenters. The number of benzene rings is 1. The molecule has 116 valence electrons. The largest absolute Gasteiger partial charge is 0.406 e. The molecule has 0 aliphatic carbocycles. The maximum absolute atomic E-state index is 12.0. The van der Waals surface area contributed by atoms with Gasteiger partial charge in [-0.3, -0.25) is 9.78 Å². The number of rotatable bonds is 3. The molecule has 1 aromatic carbocycles. The van der Waals surface area contributed by atoms with Gasteiger partial charge < -0.3 is 9.73 Å². The van der Waals surface area contributed by atoms with Crippen molar-refractivity contribution in [2.24, 2.45) is 0 Å². The van der Waals surface area contributed by atoms with Crippen molar-refractivity contribution >= 4 is 28.3 Å². The van der Waals surface area contributed by atoms with Crippen LogP contribution in [0.3, 0.4) is 0 Å². The summed E-state index contributed by atoms with van der Waals surface area (Å²) in [6.07, 6.45) is 0. The standard InChI is InChI=1S/C18H16N2O3/c1-10-8-16(23-18(22)17(10)12(3)21)20-15-9-11(2)19-14-7-5-4-6-13(14)15/h4-9H,1-3H3,(H,19,20). The number of nitrogens with zero attached hydrogens (tertiary/aromatic N) is 1. The van der Waals surface area contributed by atoms with Gasteiger partial charge in [-0.15, -0.1) is 0 Å². The van der Waals surface area contributed by atoms with Gasteiger partial charge in [-0.05, 0) is 38.5 Å². The molecule has 2 aromatic heterocycles. The quantitative estimate of drug-likeness (QED) is 0.746. The summed E-state index contributed by atoms with van der Waals surface area (Å²) in [7, 11) is 0. The Morgan fingerprint density at radius 1 is 1.17 bits per heavy atom. The number of ketones is 1. The van der Waals surface area contributed by atoms with Crippen LogP contribution in [0.5, 0.6) is 0 Å². The second kappa shape index (κ2) is 5.68. The second-order valence-electron chi connectivity index (χ2n) is 5.47. The lowest BCUT2D eigenvalue weighted by Crippen LogP contribution is -2.14. The molecule has 0 spiro atoms. The molecule has 5 heteroatoms. The smallest absolute Gasteiger partial charge is 0.348 e. The summed E-state index contributed by atoms with van der Waals surface area (Å²) in [4.78, 5) is 27.9. The summed E-state index contributed by atoms with van der Waals surface area (Å²) >= 11 is 0. The Balaban J connectivity index is 2.10. The summed E-state index contributed by atoms with van der Waals surface area (Å²) in [5.74, 6) is 0.00117. The molecule has 0 saturated heterocycles. The van der Waals surface area contributed by atoms with E-state index in [1.54, 1.807) is 13.0 Å². The van der Waals surface area contributed by atoms with E-state index in [2.05, 4.69) is 10.3 Å². The number of fused-ring (bicyclic) bond motifs is 1. The third kappa shape index (κ3) is 2.85. The van der Waals surface area contributed by atoms with E-state index in [9.17, 15) is 9.59 Å². The number of anilines is 2. The predicted octanol–water partition coefficient (Wildman–Crippen LogP) is 3.75. The first-order valence-corrected chi connectivity index (χ1v) is 7.25. The molecule has 0 fully saturated rings. The normalized spacial score (nSPS) is 10.7. The lowest BCUT2D eigenvalue weighted by molar-refractivity contribution is 0.101. The second-order valence-corrected chi connectivity index (χ2v) is 5.47. The average molecular weight is 308 g/mol. The van der Waals surface area contributed by atoms with Gasteiger partial charge in [0.25, 0.3) is 0 Å². The molecular weight excluding hydrogens is 292 g/mol. The number of aromatic nitrogens is 1. The van der Waals surface area contributed by atoms with Crippen LogP contribution in [0.25, 0.3) is 10.9 Å². The van der Waals surface area contributed by atoms with Gasteiger partial charge in [0.15, 0.2) is 5.78 Å². The first kappa shape index (κ1) is 15.0. The van der Waals surface area contributed by atoms with Gasteiger partial charge in [0.05, 0.1) is 11.2 Å². The highest BCUT2D eigenvalue weighted by atomic mass is 16.4. The average Bonchev–Trinajstić information content (AvgIpc) is 2.45. The SMILES string of the molecule is CC(=O)c1c(C)cc(Nc2cc(C)nc3ccccc23)oc1=O. The van der Waals surface area contributed by atoms with Crippen molar-refractivity contribution in [1.29, 1.82) is 0 Å². The van der Waals surface area contributed by atoms with Crippen LogP contribution in [0.15, 0.2) is 45.6 Å². The highest BCUT2D eigenvalue weighted by Gasteiger charge is 2.13. The van der Waals surface area contributed by atoms with Gasteiger partial charge >= 0.3 is 5.63 Å². The maximum Gasteiger partial charge on any atom is 0.348 e. The molecule has 3 aromatic rings. The van der Waals surface area contributed by atoms with Gasteiger partial charge in [-0.1, -0.05) is 18.2 Å². The van der Waals surface area contributed by atoms with E-state index in [0.717, 1.165) is 22.3 Å². The van der Waals surface area contributed by atoms with E-state index in [4.69, 9.17) is 4.42 Å². The molecule has 2 heterocycles. The Labute approximate surface area is 133 Å². The first-order valence-electron chi connectivity index (χ1n) is 7.25. The van der Waals surface area contributed by atoms with Crippen molar-refractivity contribution < 1.29 is 9.21 Å². The third-order valence-electron chi connectivity index (χ3n) is 3.60. The van der Waals surface area contributed by atoms with Gasteiger partial charge in [0.2, 0.25) is 5.88 Å². The Kier molecular flexibility index (Phi) is 3.70. The lowest BCUT2D eigenvalue weighted by atomic mass is 10.1. The Bertz CT molecular complexity index is 974. The topological polar surface area (TPSA) is 72.2 Å². The van der Waals surface area contributed by atoms with E-state index < -0.39 is 5.63 Å². The monoisotopic (exact) mass is 308 g/mol. The van der Waals surface area contributed by atoms with Gasteiger partial charge in [0, 0.05) is 17.1 Å². The minimum Gasteiger partial charge on any atom is -0.406 e. The van der Waals surface area contributed by atoms with Crippen LogP contribution in [0.4, 0.5) is 11.6 Å². The van der Waals surface area contributed by atoms with Crippen molar-refractivity contribution in [3.8, 4) is 0 Å². The van der Waals surface area contributed by atoms with E-state index in [1.165, 1.54) is 6.92 Å². The number of carbonyl (C=O) groups is 1. The van der Waals surface area contributed by atoms with Crippen molar-refractivity contribution in [3.63, 3.8) is 0 Å². The third-order valence-corrected chi connectivity index (χ3v) is 3.60. The zero-order valence-corrected chi connectivity index (χ0v) is 13.1. The fraction of sp³-hybridized carbons (Fsp3) is 0.167. The van der Waals surface area contributed by atoms with Crippen molar-refractivity contribution in [1.82, 2.24) is 4.98 Å². The Hall–Kier alpha value is -2.95. The van der Waals surface area contributed by atoms with Gasteiger partial charge in [-0.2, -0.15) is 0 Å². The number of aryl methyl sites for hydroxylation is 2. The van der Waals surface area contributed by atoms with Gasteiger partial charge in [0.1, 0.15) is 5.56 Å². The summed E-state index contributed by atoms with van der Waals surface area (Å²) in [6.45, 7) is 4.97. The number of carbonyl (C=O) groups excluding carboxylic acids is 1. The minimum absolute atomic E-state index is 0.0892. The summed E-state index contributed by atoms with van der Waals surface area (Å²) in [6, 6.07) is 11.3. The zero-order valence-electron chi connectivity index (χ0n) is 13.1. The molecule has 0 amide bonds. The molecule has 5 nitrogen and oxygen atoms in total. The van der Waals surface area contributed by atoms with Gasteiger partial charge in [-0.25, -0.2) is 4.79 Å². The molecular formula is C18H16N2O3. The van der Waals surface area contributed by atoms with E-state index in [-0.39, 0.29) is 11.3 Å². The van der Waals surface area contributed by atoms with E-state index in [0.29, 0.717) is 11.4 Å². The molecule has 0 unspecified atom stereocenters. The molecule has 0 radical (unpaired) electrons. The van der Waals surface area contributed by atoms with Crippen molar-refractivity contribution in [2.45, 2.75) is 20.8 Å². The fourth-order valence-electron chi connectivity index (χ4n) is 2.64. The number of nitrogens with one attached hydrogen (secondary N) is 1. The van der Waals surface area contributed by atoms with Crippen LogP contribution >= 0.6 is 0 Å². The zero-order chi connectivity index (χ0) is 16.6. The first-order chi connectivity index (χ1) is 11.0. The lowest BCUT2D eigenvalue weighted by Gasteiger charge is -2.11. The predicted molar refractivity (Wildman–Crippen MR) is 89.5 cm³/mol. The number of pyridine rings is 1. The van der Waals surface area contributed by atoms with Crippen LogP contribution in [0.1, 0.15) is 28.5 Å². The highest BCUT2D eigenvalue weighted by molar-refractivity contribution is 5.95. The molecule has 23 heavy (non-hydrogen) atoms. The Morgan fingerprint density at radius 2 is 1.91 bits per heavy atom. The molecule has 0 aliphatic heterocycles. The summed E-state index contributed by atoms with van der Waals surface area (Å²) < 4.78 is 5.24. The highest BCUT2D eigenvalue weighted by Crippen LogP contribution is 2.26.